The van der Waals surface area contributed by atoms with Crippen LogP contribution in [0.1, 0.15) is 36.9 Å². The summed E-state index contributed by atoms with van der Waals surface area (Å²) < 4.78 is 4.91. The summed E-state index contributed by atoms with van der Waals surface area (Å²) in [4.78, 5) is 28.3. The van der Waals surface area contributed by atoms with Crippen LogP contribution in [-0.2, 0) is 20.7 Å². The van der Waals surface area contributed by atoms with E-state index in [1.165, 1.54) is 11.3 Å². The molecule has 0 fully saturated rings. The highest BCUT2D eigenvalue weighted by Gasteiger charge is 2.27. The number of carbonyl (C=O) groups is 2. The second-order valence-electron chi connectivity index (χ2n) is 7.68. The number of nitrogens with one attached hydrogen (secondary N) is 1. The normalized spacial score (nSPS) is 13.5. The van der Waals surface area contributed by atoms with Crippen LogP contribution in [0.15, 0.2) is 48.5 Å². The smallest absolute Gasteiger partial charge is 0.306 e. The molecule has 2 aromatic carbocycles. The molecule has 0 aromatic heterocycles. The van der Waals surface area contributed by atoms with Gasteiger partial charge in [0.05, 0.1) is 19.1 Å². The molecule has 30 heavy (non-hydrogen) atoms. The third-order valence-corrected chi connectivity index (χ3v) is 5.45. The highest BCUT2D eigenvalue weighted by atomic mass is 16.5. The van der Waals surface area contributed by atoms with Gasteiger partial charge in [0.1, 0.15) is 0 Å². The van der Waals surface area contributed by atoms with Crippen LogP contribution in [0.2, 0.25) is 0 Å². The van der Waals surface area contributed by atoms with Crippen molar-refractivity contribution in [3.05, 3.63) is 59.7 Å². The molecule has 6 nitrogen and oxygen atoms in total. The first-order chi connectivity index (χ1) is 14.5. The monoisotopic (exact) mass is 409 g/mol. The molecule has 3 rings (SSSR count). The molecule has 1 amide bonds. The molecule has 0 saturated carbocycles. The molecular formula is C24H31N3O3. The number of esters is 1. The van der Waals surface area contributed by atoms with E-state index in [0.717, 1.165) is 24.2 Å². The first-order valence-corrected chi connectivity index (χ1v) is 10.5. The van der Waals surface area contributed by atoms with Gasteiger partial charge < -0.3 is 19.9 Å². The van der Waals surface area contributed by atoms with Crippen molar-refractivity contribution in [1.82, 2.24) is 5.32 Å². The number of benzene rings is 2. The van der Waals surface area contributed by atoms with Gasteiger partial charge in [0.25, 0.3) is 0 Å². The Kier molecular flexibility index (Phi) is 7.33. The number of para-hydroxylation sites is 1. The Balaban J connectivity index is 1.73. The van der Waals surface area contributed by atoms with Gasteiger partial charge in [-0.2, -0.15) is 0 Å². The Morgan fingerprint density at radius 3 is 2.53 bits per heavy atom. The largest absolute Gasteiger partial charge is 0.466 e. The first-order valence-electron chi connectivity index (χ1n) is 10.5. The lowest BCUT2D eigenvalue weighted by Crippen LogP contribution is -2.37. The molecule has 6 heteroatoms. The van der Waals surface area contributed by atoms with Gasteiger partial charge in [-0.25, -0.2) is 0 Å². The maximum Gasteiger partial charge on any atom is 0.306 e. The van der Waals surface area contributed by atoms with Gasteiger partial charge >= 0.3 is 5.97 Å². The lowest BCUT2D eigenvalue weighted by atomic mass is 10.0. The Morgan fingerprint density at radius 2 is 1.83 bits per heavy atom. The van der Waals surface area contributed by atoms with E-state index < -0.39 is 0 Å². The molecule has 0 radical (unpaired) electrons. The van der Waals surface area contributed by atoms with Crippen molar-refractivity contribution in [3.8, 4) is 0 Å². The topological polar surface area (TPSA) is 61.9 Å². The number of hydrogen-bond donors (Lipinski definition) is 1. The highest BCUT2D eigenvalue weighted by Crippen LogP contribution is 2.35. The molecule has 1 aliphatic heterocycles. The van der Waals surface area contributed by atoms with Gasteiger partial charge in [-0.1, -0.05) is 30.3 Å². The van der Waals surface area contributed by atoms with Crippen molar-refractivity contribution < 1.29 is 14.3 Å². The third kappa shape index (κ3) is 5.32. The lowest BCUT2D eigenvalue weighted by molar-refractivity contribution is -0.144. The van der Waals surface area contributed by atoms with Crippen LogP contribution < -0.4 is 15.1 Å². The van der Waals surface area contributed by atoms with Crippen LogP contribution in [-0.4, -0.2) is 45.7 Å². The Labute approximate surface area is 178 Å². The van der Waals surface area contributed by atoms with Crippen LogP contribution in [0, 0.1) is 0 Å². The average molecular weight is 410 g/mol. The van der Waals surface area contributed by atoms with Crippen molar-refractivity contribution >= 4 is 23.3 Å². The van der Waals surface area contributed by atoms with Crippen LogP contribution in [0.4, 0.5) is 11.4 Å². The van der Waals surface area contributed by atoms with E-state index in [0.29, 0.717) is 13.2 Å². The predicted molar refractivity (Wildman–Crippen MR) is 120 cm³/mol. The third-order valence-electron chi connectivity index (χ3n) is 5.45. The van der Waals surface area contributed by atoms with Crippen molar-refractivity contribution in [2.75, 3.05) is 43.6 Å². The minimum Gasteiger partial charge on any atom is -0.466 e. The van der Waals surface area contributed by atoms with Gasteiger partial charge in [0.2, 0.25) is 5.91 Å². The molecule has 0 aliphatic carbocycles. The van der Waals surface area contributed by atoms with Crippen molar-refractivity contribution in [1.29, 1.82) is 0 Å². The summed E-state index contributed by atoms with van der Waals surface area (Å²) >= 11 is 0. The molecule has 0 saturated heterocycles. The molecule has 1 aliphatic rings. The zero-order valence-electron chi connectivity index (χ0n) is 18.1. The fourth-order valence-electron chi connectivity index (χ4n) is 3.84. The standard InChI is InChI=1S/C24H31N3O3/c1-4-30-24(29)14-13-23(28)25-17-22(19-9-11-20(12-10-19)26(2)3)27-16-15-18-7-5-6-8-21(18)27/h5-12,22H,4,13-17H2,1-3H3,(H,25,28)/t22-/m1/s1. The molecule has 0 unspecified atom stereocenters. The molecule has 1 atom stereocenters. The van der Waals surface area contributed by atoms with Gasteiger partial charge in [-0.05, 0) is 42.7 Å². The fraction of sp³-hybridized carbons (Fsp3) is 0.417. The zero-order valence-corrected chi connectivity index (χ0v) is 18.1. The van der Waals surface area contributed by atoms with Crippen molar-refractivity contribution in [2.24, 2.45) is 0 Å². The average Bonchev–Trinajstić information content (AvgIpc) is 3.17. The summed E-state index contributed by atoms with van der Waals surface area (Å²) in [6.07, 6.45) is 1.25. The van der Waals surface area contributed by atoms with Crippen LogP contribution >= 0.6 is 0 Å². The van der Waals surface area contributed by atoms with Crippen molar-refractivity contribution in [2.45, 2.75) is 32.2 Å². The number of ether oxygens (including phenoxy) is 1. The number of fused-ring (bicyclic) bond motifs is 1. The minimum atomic E-state index is -0.336. The van der Waals surface area contributed by atoms with E-state index in [2.05, 4.69) is 63.6 Å². The van der Waals surface area contributed by atoms with Crippen LogP contribution in [0.25, 0.3) is 0 Å². The second-order valence-corrected chi connectivity index (χ2v) is 7.68. The maximum absolute atomic E-state index is 12.3. The molecule has 1 heterocycles. The van der Waals surface area contributed by atoms with E-state index in [-0.39, 0.29) is 30.8 Å². The lowest BCUT2D eigenvalue weighted by Gasteiger charge is -2.31. The second kappa shape index (κ2) is 10.1. The summed E-state index contributed by atoms with van der Waals surface area (Å²) in [6, 6.07) is 16.9. The zero-order chi connectivity index (χ0) is 21.5. The summed E-state index contributed by atoms with van der Waals surface area (Å²) in [5.74, 6) is -0.470. The molecular weight excluding hydrogens is 378 g/mol. The summed E-state index contributed by atoms with van der Waals surface area (Å²) in [6.45, 7) is 3.49. The van der Waals surface area contributed by atoms with Crippen molar-refractivity contribution in [3.63, 3.8) is 0 Å². The van der Waals surface area contributed by atoms with Gasteiger partial charge in [0, 0.05) is 45.0 Å². The van der Waals surface area contributed by atoms with Crippen LogP contribution in [0.5, 0.6) is 0 Å². The van der Waals surface area contributed by atoms with Gasteiger partial charge in [0.15, 0.2) is 0 Å². The molecule has 0 bridgehead atoms. The number of carbonyl (C=O) groups excluding carboxylic acids is 2. The maximum atomic E-state index is 12.3. The van der Waals surface area contributed by atoms with E-state index in [1.54, 1.807) is 6.92 Å². The SMILES string of the molecule is CCOC(=O)CCC(=O)NC[C@H](c1ccc(N(C)C)cc1)N1CCc2ccccc21. The molecule has 2 aromatic rings. The van der Waals surface area contributed by atoms with Gasteiger partial charge in [-0.3, -0.25) is 9.59 Å². The number of hydrogen-bond acceptors (Lipinski definition) is 5. The van der Waals surface area contributed by atoms with E-state index in [9.17, 15) is 9.59 Å². The first kappa shape index (κ1) is 21.7. The molecule has 160 valence electrons. The number of rotatable bonds is 9. The van der Waals surface area contributed by atoms with Crippen LogP contribution in [0.3, 0.4) is 0 Å². The number of nitrogens with zero attached hydrogens (tertiary/aromatic N) is 2. The quantitative estimate of drug-likeness (QED) is 0.644. The molecule has 1 N–H and O–H groups in total. The predicted octanol–water partition coefficient (Wildman–Crippen LogP) is 3.32. The Morgan fingerprint density at radius 1 is 1.10 bits per heavy atom. The Bertz CT molecular complexity index is 864. The summed E-state index contributed by atoms with van der Waals surface area (Å²) in [7, 11) is 4.04. The van der Waals surface area contributed by atoms with E-state index in [4.69, 9.17) is 4.74 Å². The minimum absolute atomic E-state index is 0.0244. The molecule has 0 spiro atoms. The Hall–Kier alpha value is -3.02. The van der Waals surface area contributed by atoms with E-state index in [1.807, 2.05) is 14.1 Å². The van der Waals surface area contributed by atoms with E-state index >= 15 is 0 Å². The summed E-state index contributed by atoms with van der Waals surface area (Å²) in [5.41, 5.74) is 4.85. The highest BCUT2D eigenvalue weighted by molar-refractivity contribution is 5.81. The number of anilines is 2. The summed E-state index contributed by atoms with van der Waals surface area (Å²) in [5, 5.41) is 3.02. The van der Waals surface area contributed by atoms with Gasteiger partial charge in [-0.15, -0.1) is 0 Å². The number of amides is 1. The fourth-order valence-corrected chi connectivity index (χ4v) is 3.84.